The Balaban J connectivity index is 1.59. The lowest BCUT2D eigenvalue weighted by molar-refractivity contribution is -0.132. The quantitative estimate of drug-likeness (QED) is 0.737. The first kappa shape index (κ1) is 18.0. The van der Waals surface area contributed by atoms with Gasteiger partial charge in [0.2, 0.25) is 0 Å². The van der Waals surface area contributed by atoms with Crippen molar-refractivity contribution >= 4 is 28.0 Å². The molecular formula is C21H21BrN2O3. The fraction of sp³-hybridized carbons (Fsp3) is 0.333. The van der Waals surface area contributed by atoms with E-state index in [-0.39, 0.29) is 0 Å². The van der Waals surface area contributed by atoms with Gasteiger partial charge in [-0.15, -0.1) is 0 Å². The lowest BCUT2D eigenvalue weighted by atomic mass is 10.1. The third-order valence-electron chi connectivity index (χ3n) is 5.19. The number of carboxylic acid groups (broad SMARTS) is 1. The van der Waals surface area contributed by atoms with Crippen LogP contribution in [0.1, 0.15) is 36.6 Å². The first-order valence-electron chi connectivity index (χ1n) is 9.01. The van der Waals surface area contributed by atoms with Crippen molar-refractivity contribution in [1.82, 2.24) is 9.78 Å². The molecule has 27 heavy (non-hydrogen) atoms. The predicted octanol–water partition coefficient (Wildman–Crippen LogP) is 4.45. The first-order chi connectivity index (χ1) is 12.9. The summed E-state index contributed by atoms with van der Waals surface area (Å²) in [5.41, 5.74) is 3.62. The molecule has 0 bridgehead atoms. The van der Waals surface area contributed by atoms with Gasteiger partial charge in [-0.25, -0.2) is 4.79 Å². The molecule has 0 unspecified atom stereocenters. The summed E-state index contributed by atoms with van der Waals surface area (Å²) in [6, 6.07) is 6.04. The van der Waals surface area contributed by atoms with Crippen LogP contribution in [0.5, 0.6) is 5.75 Å². The highest BCUT2D eigenvalue weighted by atomic mass is 79.9. The molecule has 1 saturated carbocycles. The Morgan fingerprint density at radius 3 is 2.93 bits per heavy atom. The maximum Gasteiger partial charge on any atom is 0.335 e. The Labute approximate surface area is 166 Å². The summed E-state index contributed by atoms with van der Waals surface area (Å²) in [4.78, 5) is 11.2. The van der Waals surface area contributed by atoms with Crippen LogP contribution < -0.4 is 4.74 Å². The second kappa shape index (κ2) is 7.00. The molecule has 0 saturated heterocycles. The Bertz CT molecular complexity index is 954. The SMILES string of the molecule is CC1(COc2ccc(Br)cc2Cn2ncc3c2C=CC(C(=O)O)=CC3)CC1. The second-order valence-corrected chi connectivity index (χ2v) is 8.48. The third-order valence-corrected chi connectivity index (χ3v) is 5.69. The molecule has 1 N–H and O–H groups in total. The van der Waals surface area contributed by atoms with Crippen molar-refractivity contribution in [2.24, 2.45) is 5.41 Å². The van der Waals surface area contributed by atoms with Crippen LogP contribution in [-0.2, 0) is 17.8 Å². The van der Waals surface area contributed by atoms with Crippen LogP contribution in [0.15, 0.2) is 46.6 Å². The maximum atomic E-state index is 11.2. The predicted molar refractivity (Wildman–Crippen MR) is 107 cm³/mol. The molecule has 1 aromatic heterocycles. The molecule has 5 nitrogen and oxygen atoms in total. The molecule has 2 aliphatic carbocycles. The smallest absolute Gasteiger partial charge is 0.335 e. The summed E-state index contributed by atoms with van der Waals surface area (Å²) in [7, 11) is 0. The number of halogens is 1. The molecule has 6 heteroatoms. The van der Waals surface area contributed by atoms with E-state index in [4.69, 9.17) is 4.74 Å². The summed E-state index contributed by atoms with van der Waals surface area (Å²) in [6.45, 7) is 3.54. The summed E-state index contributed by atoms with van der Waals surface area (Å²) >= 11 is 3.54. The van der Waals surface area contributed by atoms with Crippen LogP contribution in [0.2, 0.25) is 0 Å². The minimum Gasteiger partial charge on any atom is -0.493 e. The van der Waals surface area contributed by atoms with Crippen LogP contribution in [0.25, 0.3) is 6.08 Å². The van der Waals surface area contributed by atoms with E-state index < -0.39 is 5.97 Å². The monoisotopic (exact) mass is 428 g/mol. The fourth-order valence-electron chi connectivity index (χ4n) is 3.11. The van der Waals surface area contributed by atoms with Crippen LogP contribution in [0, 0.1) is 5.41 Å². The Hall–Kier alpha value is -2.34. The highest BCUT2D eigenvalue weighted by Gasteiger charge is 2.38. The molecule has 1 fully saturated rings. The molecule has 0 aliphatic heterocycles. The number of benzene rings is 1. The molecule has 0 atom stereocenters. The number of hydrogen-bond acceptors (Lipinski definition) is 3. The van der Waals surface area contributed by atoms with Crippen molar-refractivity contribution in [3.05, 3.63) is 63.4 Å². The molecule has 140 valence electrons. The molecule has 2 aromatic rings. The number of fused-ring (bicyclic) bond motifs is 1. The summed E-state index contributed by atoms with van der Waals surface area (Å²) in [5.74, 6) is -0.0373. The number of carboxylic acids is 1. The molecule has 2 aliphatic rings. The van der Waals surface area contributed by atoms with Gasteiger partial charge in [-0.3, -0.25) is 4.68 Å². The van der Waals surface area contributed by atoms with Crippen molar-refractivity contribution in [2.45, 2.75) is 32.7 Å². The Morgan fingerprint density at radius 1 is 1.37 bits per heavy atom. The van der Waals surface area contributed by atoms with E-state index in [0.717, 1.165) is 33.6 Å². The summed E-state index contributed by atoms with van der Waals surface area (Å²) in [5, 5.41) is 13.7. The number of carbonyl (C=O) groups is 1. The van der Waals surface area contributed by atoms with Crippen molar-refractivity contribution in [1.29, 1.82) is 0 Å². The molecule has 0 spiro atoms. The van der Waals surface area contributed by atoms with Crippen LogP contribution in [0.3, 0.4) is 0 Å². The first-order valence-corrected chi connectivity index (χ1v) is 9.80. The molecule has 0 radical (unpaired) electrons. The Morgan fingerprint density at radius 2 is 2.19 bits per heavy atom. The topological polar surface area (TPSA) is 64.4 Å². The van der Waals surface area contributed by atoms with Crippen LogP contribution in [-0.4, -0.2) is 27.5 Å². The largest absolute Gasteiger partial charge is 0.493 e. The third kappa shape index (κ3) is 4.00. The van der Waals surface area contributed by atoms with Crippen molar-refractivity contribution in [3.8, 4) is 5.75 Å². The average molecular weight is 429 g/mol. The lowest BCUT2D eigenvalue weighted by Gasteiger charge is -2.16. The molecule has 1 aromatic carbocycles. The van der Waals surface area contributed by atoms with Gasteiger partial charge >= 0.3 is 5.97 Å². The standard InChI is InChI=1S/C21H21BrN2O3/c1-21(8-9-21)13-27-19-7-5-17(22)10-16(19)12-24-18-6-4-14(20(25)26)2-3-15(18)11-23-24/h2,4-7,10-11H,3,8-9,12-13H2,1H3,(H,25,26). The molecular weight excluding hydrogens is 408 g/mol. The average Bonchev–Trinajstić information content (AvgIpc) is 3.31. The van der Waals surface area contributed by atoms with Crippen LogP contribution >= 0.6 is 15.9 Å². The zero-order chi connectivity index (χ0) is 19.0. The zero-order valence-electron chi connectivity index (χ0n) is 15.1. The molecule has 0 amide bonds. The van der Waals surface area contributed by atoms with Crippen molar-refractivity contribution in [2.75, 3.05) is 6.61 Å². The Kier molecular flexibility index (Phi) is 4.68. The van der Waals surface area contributed by atoms with Gasteiger partial charge in [-0.2, -0.15) is 5.10 Å². The number of nitrogens with zero attached hydrogens (tertiary/aromatic N) is 2. The number of allylic oxidation sites excluding steroid dienone is 1. The number of hydrogen-bond donors (Lipinski definition) is 1. The number of rotatable bonds is 6. The van der Waals surface area contributed by atoms with E-state index in [2.05, 4.69) is 34.0 Å². The van der Waals surface area contributed by atoms with E-state index in [1.807, 2.05) is 29.1 Å². The highest BCUT2D eigenvalue weighted by Crippen LogP contribution is 2.45. The van der Waals surface area contributed by atoms with E-state index in [0.29, 0.717) is 24.0 Å². The minimum atomic E-state index is -0.910. The van der Waals surface area contributed by atoms with Crippen molar-refractivity contribution in [3.63, 3.8) is 0 Å². The second-order valence-electron chi connectivity index (χ2n) is 7.57. The van der Waals surface area contributed by atoms with Gasteiger partial charge in [-0.05, 0) is 49.6 Å². The summed E-state index contributed by atoms with van der Waals surface area (Å²) in [6.07, 6.45) is 10.00. The van der Waals surface area contributed by atoms with Gasteiger partial charge in [0.25, 0.3) is 0 Å². The molecule has 1 heterocycles. The van der Waals surface area contributed by atoms with E-state index in [9.17, 15) is 9.90 Å². The fourth-order valence-corrected chi connectivity index (χ4v) is 3.52. The van der Waals surface area contributed by atoms with Gasteiger partial charge < -0.3 is 9.84 Å². The van der Waals surface area contributed by atoms with Gasteiger partial charge in [0.05, 0.1) is 30.6 Å². The van der Waals surface area contributed by atoms with Gasteiger partial charge in [0, 0.05) is 21.0 Å². The van der Waals surface area contributed by atoms with Crippen LogP contribution in [0.4, 0.5) is 0 Å². The van der Waals surface area contributed by atoms with E-state index in [1.54, 1.807) is 12.2 Å². The molecule has 4 rings (SSSR count). The highest BCUT2D eigenvalue weighted by molar-refractivity contribution is 9.10. The van der Waals surface area contributed by atoms with E-state index >= 15 is 0 Å². The lowest BCUT2D eigenvalue weighted by Crippen LogP contribution is -2.12. The van der Waals surface area contributed by atoms with Gasteiger partial charge in [-0.1, -0.05) is 28.9 Å². The zero-order valence-corrected chi connectivity index (χ0v) is 16.7. The number of ether oxygens (including phenoxy) is 1. The maximum absolute atomic E-state index is 11.2. The number of aliphatic carboxylic acids is 1. The normalized spacial score (nSPS) is 17.0. The summed E-state index contributed by atoms with van der Waals surface area (Å²) < 4.78 is 9.01. The van der Waals surface area contributed by atoms with E-state index in [1.165, 1.54) is 12.8 Å². The van der Waals surface area contributed by atoms with Gasteiger partial charge in [0.15, 0.2) is 0 Å². The van der Waals surface area contributed by atoms with Gasteiger partial charge in [0.1, 0.15) is 5.75 Å². The number of aromatic nitrogens is 2. The van der Waals surface area contributed by atoms with Crippen molar-refractivity contribution < 1.29 is 14.6 Å². The minimum absolute atomic E-state index is 0.307.